The van der Waals surface area contributed by atoms with Crippen LogP contribution in [0.3, 0.4) is 0 Å². The Morgan fingerprint density at radius 3 is 2.67 bits per heavy atom. The van der Waals surface area contributed by atoms with Crippen LogP contribution >= 0.6 is 24.0 Å². The third-order valence-corrected chi connectivity index (χ3v) is 4.72. The fraction of sp³-hybridized carbons (Fsp3) is 0.789. The summed E-state index contributed by atoms with van der Waals surface area (Å²) in [6, 6.07) is 0.206. The van der Waals surface area contributed by atoms with Crippen LogP contribution in [-0.4, -0.2) is 59.3 Å². The van der Waals surface area contributed by atoms with Crippen LogP contribution in [0, 0.1) is 19.8 Å². The lowest BCUT2D eigenvalue weighted by molar-refractivity contribution is 0.0368. The van der Waals surface area contributed by atoms with Crippen molar-refractivity contribution < 1.29 is 9.84 Å². The van der Waals surface area contributed by atoms with Gasteiger partial charge in [-0.2, -0.15) is 5.10 Å². The topological polar surface area (TPSA) is 83.7 Å². The minimum absolute atomic E-state index is 0. The maximum atomic E-state index is 10.0. The van der Waals surface area contributed by atoms with Crippen molar-refractivity contribution in [2.45, 2.75) is 59.1 Å². The van der Waals surface area contributed by atoms with Gasteiger partial charge in [-0.25, -0.2) is 0 Å². The largest absolute Gasteiger partial charge is 0.389 e. The highest BCUT2D eigenvalue weighted by atomic mass is 127. The summed E-state index contributed by atoms with van der Waals surface area (Å²) in [7, 11) is 1.97. The molecule has 1 saturated carbocycles. The van der Waals surface area contributed by atoms with Gasteiger partial charge < -0.3 is 20.5 Å². The molecular formula is C19H36IN5O2. The molecule has 0 spiro atoms. The number of aromatic nitrogens is 2. The normalized spacial score (nSPS) is 16.6. The standard InChI is InChI=1S/C19H35N5O2.HI/c1-6-20-19(21-10-17(25)12-26-11-16-7-8-16)22-13(2)9-18-14(3)23-24(5)15(18)4;/h13,16-17,25H,6-12H2,1-5H3,(H2,20,21,22);1H. The second kappa shape index (κ2) is 11.9. The molecule has 0 saturated heterocycles. The first-order valence-corrected chi connectivity index (χ1v) is 9.70. The number of nitrogens with zero attached hydrogens (tertiary/aromatic N) is 3. The molecule has 0 radical (unpaired) electrons. The molecule has 1 aliphatic rings. The third kappa shape index (κ3) is 8.35. The molecule has 2 rings (SSSR count). The van der Waals surface area contributed by atoms with Crippen LogP contribution in [0.25, 0.3) is 0 Å². The Morgan fingerprint density at radius 1 is 1.41 bits per heavy atom. The SMILES string of the molecule is CCNC(=NCC(O)COCC1CC1)NC(C)Cc1c(C)nn(C)c1C.I. The number of hydrogen-bond donors (Lipinski definition) is 3. The smallest absolute Gasteiger partial charge is 0.191 e. The highest BCUT2D eigenvalue weighted by Crippen LogP contribution is 2.28. The van der Waals surface area contributed by atoms with E-state index in [1.54, 1.807) is 0 Å². The van der Waals surface area contributed by atoms with E-state index in [0.29, 0.717) is 19.1 Å². The van der Waals surface area contributed by atoms with E-state index in [1.165, 1.54) is 24.1 Å². The summed E-state index contributed by atoms with van der Waals surface area (Å²) in [5, 5.41) is 21.2. The fourth-order valence-electron chi connectivity index (χ4n) is 2.93. The van der Waals surface area contributed by atoms with E-state index in [1.807, 2.05) is 25.6 Å². The number of ether oxygens (including phenoxy) is 1. The maximum absolute atomic E-state index is 10.0. The van der Waals surface area contributed by atoms with Crippen molar-refractivity contribution in [3.8, 4) is 0 Å². The summed E-state index contributed by atoms with van der Waals surface area (Å²) < 4.78 is 7.46. The second-order valence-corrected chi connectivity index (χ2v) is 7.38. The number of halogens is 1. The number of aliphatic hydroxyl groups excluding tert-OH is 1. The highest BCUT2D eigenvalue weighted by Gasteiger charge is 2.21. The first kappa shape index (κ1) is 24.2. The molecule has 1 fully saturated rings. The molecule has 3 N–H and O–H groups in total. The third-order valence-electron chi connectivity index (χ3n) is 4.72. The zero-order chi connectivity index (χ0) is 19.1. The minimum atomic E-state index is -0.567. The first-order valence-electron chi connectivity index (χ1n) is 9.70. The van der Waals surface area contributed by atoms with Crippen LogP contribution in [0.5, 0.6) is 0 Å². The highest BCUT2D eigenvalue weighted by molar-refractivity contribution is 14.0. The van der Waals surface area contributed by atoms with Crippen LogP contribution in [0.2, 0.25) is 0 Å². The molecule has 156 valence electrons. The van der Waals surface area contributed by atoms with E-state index < -0.39 is 6.10 Å². The van der Waals surface area contributed by atoms with Crippen molar-refractivity contribution in [2.75, 3.05) is 26.3 Å². The Kier molecular flexibility index (Phi) is 10.6. The molecule has 2 atom stereocenters. The number of nitrogens with one attached hydrogen (secondary N) is 2. The first-order chi connectivity index (χ1) is 12.4. The number of aliphatic hydroxyl groups is 1. The van der Waals surface area contributed by atoms with Gasteiger partial charge in [-0.1, -0.05) is 0 Å². The van der Waals surface area contributed by atoms with E-state index in [4.69, 9.17) is 4.74 Å². The second-order valence-electron chi connectivity index (χ2n) is 7.38. The molecule has 2 unspecified atom stereocenters. The quantitative estimate of drug-likeness (QED) is 0.264. The Labute approximate surface area is 180 Å². The molecule has 27 heavy (non-hydrogen) atoms. The molecule has 0 aliphatic heterocycles. The number of guanidine groups is 1. The van der Waals surface area contributed by atoms with Crippen molar-refractivity contribution in [2.24, 2.45) is 18.0 Å². The Morgan fingerprint density at radius 2 is 2.11 bits per heavy atom. The van der Waals surface area contributed by atoms with Crippen LogP contribution in [-0.2, 0) is 18.2 Å². The molecule has 1 aliphatic carbocycles. The molecule has 1 aromatic rings. The Hall–Kier alpha value is -0.870. The van der Waals surface area contributed by atoms with E-state index in [2.05, 4.69) is 34.6 Å². The lowest BCUT2D eigenvalue weighted by Gasteiger charge is -2.19. The Balaban J connectivity index is 0.00000364. The van der Waals surface area contributed by atoms with Crippen molar-refractivity contribution >= 4 is 29.9 Å². The van der Waals surface area contributed by atoms with Crippen molar-refractivity contribution in [1.82, 2.24) is 20.4 Å². The van der Waals surface area contributed by atoms with E-state index >= 15 is 0 Å². The lowest BCUT2D eigenvalue weighted by atomic mass is 10.1. The average Bonchev–Trinajstić information content (AvgIpc) is 3.37. The average molecular weight is 493 g/mol. The summed E-state index contributed by atoms with van der Waals surface area (Å²) in [5.74, 6) is 1.44. The number of hydrogen-bond acceptors (Lipinski definition) is 4. The lowest BCUT2D eigenvalue weighted by Crippen LogP contribution is -2.43. The van der Waals surface area contributed by atoms with Crippen LogP contribution in [0.4, 0.5) is 0 Å². The summed E-state index contributed by atoms with van der Waals surface area (Å²) in [6.07, 6.45) is 2.83. The van der Waals surface area contributed by atoms with E-state index in [9.17, 15) is 5.11 Å². The molecule has 0 aromatic carbocycles. The molecule has 0 bridgehead atoms. The van der Waals surface area contributed by atoms with Gasteiger partial charge in [-0.15, -0.1) is 24.0 Å². The van der Waals surface area contributed by atoms with Gasteiger partial charge >= 0.3 is 0 Å². The zero-order valence-corrected chi connectivity index (χ0v) is 19.6. The monoisotopic (exact) mass is 493 g/mol. The van der Waals surface area contributed by atoms with Crippen LogP contribution in [0.1, 0.15) is 43.6 Å². The summed E-state index contributed by atoms with van der Waals surface area (Å²) >= 11 is 0. The van der Waals surface area contributed by atoms with Crippen LogP contribution in [0.15, 0.2) is 4.99 Å². The van der Waals surface area contributed by atoms with Crippen molar-refractivity contribution in [3.63, 3.8) is 0 Å². The Bertz CT molecular complexity index is 601. The van der Waals surface area contributed by atoms with Crippen molar-refractivity contribution in [3.05, 3.63) is 17.0 Å². The van der Waals surface area contributed by atoms with Gasteiger partial charge in [0.25, 0.3) is 0 Å². The van der Waals surface area contributed by atoms with Gasteiger partial charge in [-0.05, 0) is 58.4 Å². The summed E-state index contributed by atoms with van der Waals surface area (Å²) in [6.45, 7) is 10.5. The van der Waals surface area contributed by atoms with Crippen molar-refractivity contribution in [1.29, 1.82) is 0 Å². The molecule has 1 aromatic heterocycles. The number of aryl methyl sites for hydroxylation is 2. The zero-order valence-electron chi connectivity index (χ0n) is 17.3. The predicted molar refractivity (Wildman–Crippen MR) is 120 cm³/mol. The van der Waals surface area contributed by atoms with E-state index in [-0.39, 0.29) is 30.0 Å². The fourth-order valence-corrected chi connectivity index (χ4v) is 2.93. The van der Waals surface area contributed by atoms with E-state index in [0.717, 1.165) is 31.2 Å². The molecule has 8 heteroatoms. The van der Waals surface area contributed by atoms with Gasteiger partial charge in [0.05, 0.1) is 24.9 Å². The van der Waals surface area contributed by atoms with Gasteiger partial charge in [0, 0.05) is 31.9 Å². The summed E-state index contributed by atoms with van der Waals surface area (Å²) in [5.41, 5.74) is 3.54. The van der Waals surface area contributed by atoms with Gasteiger partial charge in [0.1, 0.15) is 0 Å². The maximum Gasteiger partial charge on any atom is 0.191 e. The molecular weight excluding hydrogens is 457 g/mol. The van der Waals surface area contributed by atoms with Crippen LogP contribution < -0.4 is 10.6 Å². The summed E-state index contributed by atoms with van der Waals surface area (Å²) in [4.78, 5) is 4.50. The number of aliphatic imine (C=N–C) groups is 1. The van der Waals surface area contributed by atoms with Gasteiger partial charge in [-0.3, -0.25) is 9.67 Å². The number of rotatable bonds is 10. The molecule has 0 amide bonds. The predicted octanol–water partition coefficient (Wildman–Crippen LogP) is 1.93. The van der Waals surface area contributed by atoms with Gasteiger partial charge in [0.15, 0.2) is 5.96 Å². The molecule has 7 nitrogen and oxygen atoms in total. The molecule has 1 heterocycles. The van der Waals surface area contributed by atoms with Gasteiger partial charge in [0.2, 0.25) is 0 Å². The minimum Gasteiger partial charge on any atom is -0.389 e.